The second kappa shape index (κ2) is 8.20. The summed E-state index contributed by atoms with van der Waals surface area (Å²) in [5, 5.41) is 9.98. The molecule has 25 heavy (non-hydrogen) atoms. The van der Waals surface area contributed by atoms with E-state index in [4.69, 9.17) is 0 Å². The summed E-state index contributed by atoms with van der Waals surface area (Å²) in [5.41, 5.74) is 2.46. The van der Waals surface area contributed by atoms with Gasteiger partial charge in [-0.05, 0) is 44.4 Å². The number of aliphatic hydroxyl groups is 1. The lowest BCUT2D eigenvalue weighted by atomic mass is 9.90. The Labute approximate surface area is 152 Å². The van der Waals surface area contributed by atoms with Gasteiger partial charge in [0.05, 0.1) is 6.61 Å². The Bertz CT molecular complexity index is 641. The van der Waals surface area contributed by atoms with Crippen molar-refractivity contribution in [3.63, 3.8) is 0 Å². The molecular formula is C22H32N2O. The van der Waals surface area contributed by atoms with Crippen LogP contribution in [0.4, 0.5) is 0 Å². The summed E-state index contributed by atoms with van der Waals surface area (Å²) >= 11 is 0. The summed E-state index contributed by atoms with van der Waals surface area (Å²) in [6, 6.07) is 15.6. The molecule has 0 saturated heterocycles. The van der Waals surface area contributed by atoms with Gasteiger partial charge >= 0.3 is 0 Å². The van der Waals surface area contributed by atoms with Gasteiger partial charge in [0.15, 0.2) is 0 Å². The van der Waals surface area contributed by atoms with Crippen molar-refractivity contribution in [2.24, 2.45) is 0 Å². The van der Waals surface area contributed by atoms with Gasteiger partial charge in [-0.3, -0.25) is 4.90 Å². The van der Waals surface area contributed by atoms with Crippen molar-refractivity contribution < 1.29 is 5.11 Å². The minimum atomic E-state index is -0.191. The zero-order valence-electron chi connectivity index (χ0n) is 15.7. The van der Waals surface area contributed by atoms with Crippen molar-refractivity contribution in [3.05, 3.63) is 59.9 Å². The van der Waals surface area contributed by atoms with Crippen LogP contribution in [0.5, 0.6) is 0 Å². The summed E-state index contributed by atoms with van der Waals surface area (Å²) < 4.78 is 2.35. The standard InChI is InChI=1S/C22H32N2O/c1-22(2,18-25)24(20-12-7-4-8-13-20)17-21-14-9-15-23(21)16-19-10-5-3-6-11-19/h3,5-6,9-11,14-15,20,25H,4,7-8,12-13,16-18H2,1-2H3. The molecule has 1 aromatic carbocycles. The Morgan fingerprint density at radius 3 is 2.44 bits per heavy atom. The van der Waals surface area contributed by atoms with E-state index in [1.54, 1.807) is 0 Å². The summed E-state index contributed by atoms with van der Waals surface area (Å²) in [6.45, 7) is 6.35. The Balaban J connectivity index is 1.79. The van der Waals surface area contributed by atoms with E-state index >= 15 is 0 Å². The normalized spacial score (nSPS) is 16.5. The third kappa shape index (κ3) is 4.53. The van der Waals surface area contributed by atoms with E-state index in [1.807, 2.05) is 0 Å². The van der Waals surface area contributed by atoms with Gasteiger partial charge in [0.25, 0.3) is 0 Å². The van der Waals surface area contributed by atoms with E-state index in [2.05, 4.69) is 72.0 Å². The Hall–Kier alpha value is -1.58. The van der Waals surface area contributed by atoms with Crippen molar-refractivity contribution >= 4 is 0 Å². The van der Waals surface area contributed by atoms with Crippen LogP contribution in [0.2, 0.25) is 0 Å². The van der Waals surface area contributed by atoms with Gasteiger partial charge in [-0.15, -0.1) is 0 Å². The lowest BCUT2D eigenvalue weighted by Gasteiger charge is -2.44. The van der Waals surface area contributed by atoms with Gasteiger partial charge in [-0.25, -0.2) is 0 Å². The van der Waals surface area contributed by atoms with Crippen LogP contribution in [0.1, 0.15) is 57.2 Å². The molecule has 1 aliphatic rings. The van der Waals surface area contributed by atoms with Crippen LogP contribution in [0.3, 0.4) is 0 Å². The topological polar surface area (TPSA) is 28.4 Å². The highest BCUT2D eigenvalue weighted by Gasteiger charge is 2.33. The van der Waals surface area contributed by atoms with Gasteiger partial charge in [-0.1, -0.05) is 49.6 Å². The molecule has 1 aliphatic carbocycles. The first-order chi connectivity index (χ1) is 12.1. The Morgan fingerprint density at radius 1 is 1.04 bits per heavy atom. The predicted octanol–water partition coefficient (Wildman–Crippen LogP) is 4.44. The smallest absolute Gasteiger partial charge is 0.0610 e. The van der Waals surface area contributed by atoms with Crippen LogP contribution >= 0.6 is 0 Å². The third-order valence-electron chi connectivity index (χ3n) is 5.63. The van der Waals surface area contributed by atoms with E-state index in [0.717, 1.165) is 13.1 Å². The number of benzene rings is 1. The SMILES string of the molecule is CC(C)(CO)N(Cc1cccn1Cc1ccccc1)C1CCCCC1. The van der Waals surface area contributed by atoms with E-state index < -0.39 is 0 Å². The molecule has 0 radical (unpaired) electrons. The van der Waals surface area contributed by atoms with E-state index in [-0.39, 0.29) is 12.1 Å². The molecule has 1 heterocycles. The number of hydrogen-bond donors (Lipinski definition) is 1. The number of hydrogen-bond acceptors (Lipinski definition) is 2. The predicted molar refractivity (Wildman–Crippen MR) is 104 cm³/mol. The monoisotopic (exact) mass is 340 g/mol. The lowest BCUT2D eigenvalue weighted by Crippen LogP contribution is -2.52. The molecule has 136 valence electrons. The molecule has 0 aliphatic heterocycles. The number of aliphatic hydroxyl groups excluding tert-OH is 1. The Morgan fingerprint density at radius 2 is 1.76 bits per heavy atom. The first-order valence-corrected chi connectivity index (χ1v) is 9.66. The van der Waals surface area contributed by atoms with Gasteiger partial charge in [-0.2, -0.15) is 0 Å². The van der Waals surface area contributed by atoms with Crippen molar-refractivity contribution in [3.8, 4) is 0 Å². The largest absolute Gasteiger partial charge is 0.394 e. The molecule has 2 aromatic rings. The van der Waals surface area contributed by atoms with Crippen LogP contribution in [-0.4, -0.2) is 32.8 Å². The van der Waals surface area contributed by atoms with Crippen molar-refractivity contribution in [1.82, 2.24) is 9.47 Å². The summed E-state index contributed by atoms with van der Waals surface area (Å²) in [6.07, 6.45) is 8.66. The van der Waals surface area contributed by atoms with Gasteiger partial charge in [0.2, 0.25) is 0 Å². The first kappa shape index (κ1) is 18.2. The molecule has 0 bridgehead atoms. The molecule has 1 fully saturated rings. The zero-order chi connectivity index (χ0) is 17.7. The summed E-state index contributed by atoms with van der Waals surface area (Å²) in [7, 11) is 0. The fourth-order valence-electron chi connectivity index (χ4n) is 4.02. The molecule has 3 heteroatoms. The Kier molecular flexibility index (Phi) is 5.98. The maximum atomic E-state index is 9.98. The molecule has 1 N–H and O–H groups in total. The molecule has 0 spiro atoms. The van der Waals surface area contributed by atoms with Crippen molar-refractivity contribution in [1.29, 1.82) is 0 Å². The van der Waals surface area contributed by atoms with E-state index in [0.29, 0.717) is 6.04 Å². The molecule has 1 aromatic heterocycles. The number of aromatic nitrogens is 1. The van der Waals surface area contributed by atoms with Gasteiger partial charge in [0.1, 0.15) is 0 Å². The number of rotatable bonds is 7. The van der Waals surface area contributed by atoms with Gasteiger partial charge in [0, 0.05) is 36.6 Å². The minimum absolute atomic E-state index is 0.191. The summed E-state index contributed by atoms with van der Waals surface area (Å²) in [5.74, 6) is 0. The molecule has 0 amide bonds. The first-order valence-electron chi connectivity index (χ1n) is 9.66. The van der Waals surface area contributed by atoms with Crippen LogP contribution in [-0.2, 0) is 13.1 Å². The van der Waals surface area contributed by atoms with Crippen LogP contribution < -0.4 is 0 Å². The molecule has 0 atom stereocenters. The molecule has 3 nitrogen and oxygen atoms in total. The molecule has 0 unspecified atom stereocenters. The summed E-state index contributed by atoms with van der Waals surface area (Å²) in [4.78, 5) is 2.54. The fraction of sp³-hybridized carbons (Fsp3) is 0.545. The third-order valence-corrected chi connectivity index (χ3v) is 5.63. The maximum Gasteiger partial charge on any atom is 0.0610 e. The number of nitrogens with zero attached hydrogens (tertiary/aromatic N) is 2. The maximum absolute atomic E-state index is 9.98. The molecular weight excluding hydrogens is 308 g/mol. The van der Waals surface area contributed by atoms with Crippen molar-refractivity contribution in [2.45, 2.75) is 70.6 Å². The highest BCUT2D eigenvalue weighted by molar-refractivity contribution is 5.18. The minimum Gasteiger partial charge on any atom is -0.394 e. The second-order valence-electron chi connectivity index (χ2n) is 8.00. The van der Waals surface area contributed by atoms with Gasteiger partial charge < -0.3 is 9.67 Å². The van der Waals surface area contributed by atoms with E-state index in [9.17, 15) is 5.11 Å². The van der Waals surface area contributed by atoms with E-state index in [1.165, 1.54) is 43.4 Å². The molecule has 3 rings (SSSR count). The highest BCUT2D eigenvalue weighted by Crippen LogP contribution is 2.30. The average molecular weight is 341 g/mol. The zero-order valence-corrected chi connectivity index (χ0v) is 15.7. The lowest BCUT2D eigenvalue weighted by molar-refractivity contribution is 0.000960. The van der Waals surface area contributed by atoms with Crippen LogP contribution in [0, 0.1) is 0 Å². The average Bonchev–Trinajstić information content (AvgIpc) is 3.08. The fourth-order valence-corrected chi connectivity index (χ4v) is 4.02. The van der Waals surface area contributed by atoms with Crippen LogP contribution in [0.15, 0.2) is 48.7 Å². The second-order valence-corrected chi connectivity index (χ2v) is 8.00. The van der Waals surface area contributed by atoms with Crippen molar-refractivity contribution in [2.75, 3.05) is 6.61 Å². The molecule has 1 saturated carbocycles. The quantitative estimate of drug-likeness (QED) is 0.807. The highest BCUT2D eigenvalue weighted by atomic mass is 16.3. The van der Waals surface area contributed by atoms with Crippen LogP contribution in [0.25, 0.3) is 0 Å².